The van der Waals surface area contributed by atoms with Crippen LogP contribution in [-0.4, -0.2) is 19.3 Å². The van der Waals surface area contributed by atoms with Crippen LogP contribution >= 0.6 is 34.7 Å². The van der Waals surface area contributed by atoms with Crippen molar-refractivity contribution in [3.05, 3.63) is 16.5 Å². The molecular formula is C7H10ClNS2. The normalized spacial score (nSPS) is 10.4. The van der Waals surface area contributed by atoms with E-state index in [2.05, 4.69) is 11.4 Å². The molecule has 62 valence electrons. The van der Waals surface area contributed by atoms with Gasteiger partial charge in [-0.15, -0.1) is 23.1 Å². The first-order valence-corrected chi connectivity index (χ1v) is 5.53. The quantitative estimate of drug-likeness (QED) is 0.602. The van der Waals surface area contributed by atoms with Crippen molar-refractivity contribution in [2.75, 3.05) is 19.3 Å². The van der Waals surface area contributed by atoms with Gasteiger partial charge in [0.2, 0.25) is 0 Å². The highest BCUT2D eigenvalue weighted by molar-refractivity contribution is 8.01. The summed E-state index contributed by atoms with van der Waals surface area (Å²) in [5, 5.41) is 3.10. The fourth-order valence-corrected chi connectivity index (χ4v) is 2.97. The van der Waals surface area contributed by atoms with Crippen molar-refractivity contribution >= 4 is 34.7 Å². The highest BCUT2D eigenvalue weighted by atomic mass is 35.5. The third kappa shape index (κ3) is 3.47. The molecule has 1 rings (SSSR count). The van der Waals surface area contributed by atoms with Crippen molar-refractivity contribution in [2.24, 2.45) is 0 Å². The summed E-state index contributed by atoms with van der Waals surface area (Å²) < 4.78 is 2.17. The van der Waals surface area contributed by atoms with E-state index in [4.69, 9.17) is 11.6 Å². The van der Waals surface area contributed by atoms with Crippen molar-refractivity contribution < 1.29 is 0 Å². The van der Waals surface area contributed by atoms with Crippen molar-refractivity contribution in [1.82, 2.24) is 5.32 Å². The van der Waals surface area contributed by atoms with Crippen molar-refractivity contribution in [3.8, 4) is 0 Å². The lowest BCUT2D eigenvalue weighted by Crippen LogP contribution is -2.09. The van der Waals surface area contributed by atoms with Crippen LogP contribution in [0.2, 0.25) is 4.34 Å². The lowest BCUT2D eigenvalue weighted by atomic mass is 10.7. The average molecular weight is 208 g/mol. The molecule has 0 aromatic carbocycles. The number of rotatable bonds is 4. The smallest absolute Gasteiger partial charge is 0.0940 e. The molecule has 0 spiro atoms. The minimum atomic E-state index is 0.872. The summed E-state index contributed by atoms with van der Waals surface area (Å²) in [7, 11) is 1.96. The van der Waals surface area contributed by atoms with Gasteiger partial charge in [0.1, 0.15) is 0 Å². The minimum absolute atomic E-state index is 0.872. The Balaban J connectivity index is 2.27. The molecule has 0 fully saturated rings. The van der Waals surface area contributed by atoms with Gasteiger partial charge in [0, 0.05) is 12.3 Å². The summed E-state index contributed by atoms with van der Waals surface area (Å²) >= 11 is 9.24. The summed E-state index contributed by atoms with van der Waals surface area (Å²) in [6.45, 7) is 1.04. The van der Waals surface area contributed by atoms with E-state index < -0.39 is 0 Å². The topological polar surface area (TPSA) is 12.0 Å². The van der Waals surface area contributed by atoms with Gasteiger partial charge in [0.15, 0.2) is 0 Å². The van der Waals surface area contributed by atoms with Gasteiger partial charge in [-0.2, -0.15) is 0 Å². The van der Waals surface area contributed by atoms with Crippen LogP contribution in [0.1, 0.15) is 0 Å². The number of thiophene rings is 1. The Bertz CT molecular complexity index is 212. The highest BCUT2D eigenvalue weighted by Gasteiger charge is 1.96. The number of hydrogen-bond donors (Lipinski definition) is 1. The van der Waals surface area contributed by atoms with Crippen molar-refractivity contribution in [2.45, 2.75) is 4.21 Å². The van der Waals surface area contributed by atoms with E-state index in [1.807, 2.05) is 24.9 Å². The second kappa shape index (κ2) is 5.04. The lowest BCUT2D eigenvalue weighted by Gasteiger charge is -1.95. The van der Waals surface area contributed by atoms with Gasteiger partial charge < -0.3 is 5.32 Å². The van der Waals surface area contributed by atoms with E-state index in [0.717, 1.165) is 16.6 Å². The molecule has 1 aromatic heterocycles. The summed E-state index contributed by atoms with van der Waals surface area (Å²) in [6, 6.07) is 4.00. The Morgan fingerprint density at radius 2 is 2.45 bits per heavy atom. The summed E-state index contributed by atoms with van der Waals surface area (Å²) in [4.78, 5) is 0. The highest BCUT2D eigenvalue weighted by Crippen LogP contribution is 2.29. The summed E-state index contributed by atoms with van der Waals surface area (Å²) in [6.07, 6.45) is 0. The van der Waals surface area contributed by atoms with Crippen LogP contribution in [0.15, 0.2) is 16.3 Å². The van der Waals surface area contributed by atoms with Gasteiger partial charge in [0.05, 0.1) is 8.55 Å². The largest absolute Gasteiger partial charge is 0.319 e. The van der Waals surface area contributed by atoms with Crippen LogP contribution in [0, 0.1) is 0 Å². The molecule has 0 aliphatic heterocycles. The van der Waals surface area contributed by atoms with Crippen LogP contribution in [-0.2, 0) is 0 Å². The first-order valence-electron chi connectivity index (χ1n) is 3.35. The van der Waals surface area contributed by atoms with Gasteiger partial charge in [-0.3, -0.25) is 0 Å². The second-order valence-electron chi connectivity index (χ2n) is 2.01. The molecule has 0 amide bonds. The molecule has 0 bridgehead atoms. The third-order valence-corrected chi connectivity index (χ3v) is 3.60. The predicted molar refractivity (Wildman–Crippen MR) is 54.0 cm³/mol. The molecule has 1 aromatic rings. The maximum absolute atomic E-state index is 5.76. The van der Waals surface area contributed by atoms with E-state index >= 15 is 0 Å². The fraction of sp³-hybridized carbons (Fsp3) is 0.429. The molecule has 1 heterocycles. The number of nitrogens with one attached hydrogen (secondary N) is 1. The summed E-state index contributed by atoms with van der Waals surface area (Å²) in [5.74, 6) is 1.10. The average Bonchev–Trinajstić information content (AvgIpc) is 2.37. The van der Waals surface area contributed by atoms with E-state index in [1.165, 1.54) is 4.21 Å². The molecular weight excluding hydrogens is 198 g/mol. The molecule has 4 heteroatoms. The lowest BCUT2D eigenvalue weighted by molar-refractivity contribution is 0.872. The number of thioether (sulfide) groups is 1. The molecule has 0 atom stereocenters. The second-order valence-corrected chi connectivity index (χ2v) is 5.12. The number of halogens is 1. The van der Waals surface area contributed by atoms with Gasteiger partial charge in [-0.25, -0.2) is 0 Å². The zero-order chi connectivity index (χ0) is 8.10. The zero-order valence-electron chi connectivity index (χ0n) is 6.26. The van der Waals surface area contributed by atoms with Gasteiger partial charge in [0.25, 0.3) is 0 Å². The Hall–Kier alpha value is 0.300. The summed E-state index contributed by atoms with van der Waals surface area (Å²) in [5.41, 5.74) is 0. The SMILES string of the molecule is CNCCSc1ccc(Cl)s1. The van der Waals surface area contributed by atoms with Crippen LogP contribution in [0.25, 0.3) is 0 Å². The molecule has 0 radical (unpaired) electrons. The first kappa shape index (κ1) is 9.39. The molecule has 0 aliphatic carbocycles. The Morgan fingerprint density at radius 1 is 1.64 bits per heavy atom. The first-order chi connectivity index (χ1) is 5.33. The van der Waals surface area contributed by atoms with Gasteiger partial charge >= 0.3 is 0 Å². The molecule has 0 saturated heterocycles. The molecule has 0 aliphatic rings. The molecule has 1 N–H and O–H groups in total. The third-order valence-electron chi connectivity index (χ3n) is 1.14. The molecule has 11 heavy (non-hydrogen) atoms. The van der Waals surface area contributed by atoms with Crippen LogP contribution in [0.5, 0.6) is 0 Å². The van der Waals surface area contributed by atoms with Gasteiger partial charge in [-0.05, 0) is 19.2 Å². The maximum atomic E-state index is 5.76. The van der Waals surface area contributed by atoms with E-state index in [9.17, 15) is 0 Å². The van der Waals surface area contributed by atoms with Crippen LogP contribution < -0.4 is 5.32 Å². The zero-order valence-corrected chi connectivity index (χ0v) is 8.65. The maximum Gasteiger partial charge on any atom is 0.0940 e. The van der Waals surface area contributed by atoms with Crippen LogP contribution in [0.4, 0.5) is 0 Å². The van der Waals surface area contributed by atoms with E-state index in [0.29, 0.717) is 0 Å². The molecule has 0 saturated carbocycles. The fourth-order valence-electron chi connectivity index (χ4n) is 0.629. The van der Waals surface area contributed by atoms with Crippen molar-refractivity contribution in [3.63, 3.8) is 0 Å². The standard InChI is InChI=1S/C7H10ClNS2/c1-9-4-5-10-7-3-2-6(8)11-7/h2-3,9H,4-5H2,1H3. The molecule has 0 unspecified atom stereocenters. The van der Waals surface area contributed by atoms with Crippen LogP contribution in [0.3, 0.4) is 0 Å². The monoisotopic (exact) mass is 207 g/mol. The predicted octanol–water partition coefficient (Wildman–Crippen LogP) is 2.71. The minimum Gasteiger partial charge on any atom is -0.319 e. The Labute approximate surface area is 80.1 Å². The Kier molecular flexibility index (Phi) is 4.30. The van der Waals surface area contributed by atoms with Gasteiger partial charge in [-0.1, -0.05) is 11.6 Å². The van der Waals surface area contributed by atoms with Crippen molar-refractivity contribution in [1.29, 1.82) is 0 Å². The molecule has 1 nitrogen and oxygen atoms in total. The Morgan fingerprint density at radius 3 is 3.00 bits per heavy atom. The van der Waals surface area contributed by atoms with E-state index in [-0.39, 0.29) is 0 Å². The number of hydrogen-bond acceptors (Lipinski definition) is 3. The van der Waals surface area contributed by atoms with E-state index in [1.54, 1.807) is 11.3 Å².